The van der Waals surface area contributed by atoms with Gasteiger partial charge in [0.2, 0.25) is 0 Å². The van der Waals surface area contributed by atoms with E-state index in [-0.39, 0.29) is 5.91 Å². The number of carbonyl (C=O) groups excluding carboxylic acids is 1. The van der Waals surface area contributed by atoms with Crippen LogP contribution in [0.15, 0.2) is 22.7 Å². The van der Waals surface area contributed by atoms with Crippen molar-refractivity contribution in [2.75, 3.05) is 26.2 Å². The van der Waals surface area contributed by atoms with Crippen LogP contribution in [0.1, 0.15) is 36.5 Å². The lowest BCUT2D eigenvalue weighted by Gasteiger charge is -2.30. The molecule has 1 N–H and O–H groups in total. The van der Waals surface area contributed by atoms with Crippen molar-refractivity contribution < 1.29 is 4.79 Å². The molecule has 0 spiro atoms. The standard InChI is InChI=1S/C16H22BrIN2O/c1-2-9-20(11-12-5-7-19-8-6-12)16(21)14-10-13(17)3-4-15(14)18/h3-4,10,12,19H,2,5-9,11H2,1H3. The third-order valence-electron chi connectivity index (χ3n) is 3.88. The van der Waals surface area contributed by atoms with Crippen LogP contribution in [0, 0.1) is 9.49 Å². The van der Waals surface area contributed by atoms with Crippen LogP contribution in [0.4, 0.5) is 0 Å². The number of halogens is 2. The molecule has 5 heteroatoms. The first kappa shape index (κ1) is 17.2. The van der Waals surface area contributed by atoms with Crippen LogP contribution in [0.2, 0.25) is 0 Å². The second-order valence-electron chi connectivity index (χ2n) is 5.57. The second-order valence-corrected chi connectivity index (χ2v) is 7.65. The maximum atomic E-state index is 12.9. The van der Waals surface area contributed by atoms with Gasteiger partial charge in [-0.2, -0.15) is 0 Å². The van der Waals surface area contributed by atoms with Gasteiger partial charge in [0.15, 0.2) is 0 Å². The van der Waals surface area contributed by atoms with E-state index < -0.39 is 0 Å². The van der Waals surface area contributed by atoms with Crippen molar-refractivity contribution in [1.29, 1.82) is 0 Å². The third-order valence-corrected chi connectivity index (χ3v) is 5.31. The van der Waals surface area contributed by atoms with E-state index in [1.807, 2.05) is 23.1 Å². The Labute approximate surface area is 149 Å². The van der Waals surface area contributed by atoms with Crippen LogP contribution in [0.3, 0.4) is 0 Å². The largest absolute Gasteiger partial charge is 0.338 e. The molecule has 1 aliphatic heterocycles. The molecule has 3 nitrogen and oxygen atoms in total. The molecule has 0 saturated carbocycles. The summed E-state index contributed by atoms with van der Waals surface area (Å²) in [5.74, 6) is 0.799. The first-order valence-corrected chi connectivity index (χ1v) is 9.44. The van der Waals surface area contributed by atoms with Gasteiger partial charge in [0.05, 0.1) is 5.56 Å². The highest BCUT2D eigenvalue weighted by Crippen LogP contribution is 2.22. The Morgan fingerprint density at radius 3 is 2.81 bits per heavy atom. The maximum Gasteiger partial charge on any atom is 0.254 e. The Morgan fingerprint density at radius 2 is 2.14 bits per heavy atom. The van der Waals surface area contributed by atoms with Gasteiger partial charge in [0.1, 0.15) is 0 Å². The zero-order valence-corrected chi connectivity index (χ0v) is 16.1. The molecule has 1 fully saturated rings. The molecule has 1 aliphatic rings. The van der Waals surface area contributed by atoms with Crippen molar-refractivity contribution in [2.45, 2.75) is 26.2 Å². The summed E-state index contributed by atoms with van der Waals surface area (Å²) in [5, 5.41) is 3.39. The van der Waals surface area contributed by atoms with Gasteiger partial charge >= 0.3 is 0 Å². The SMILES string of the molecule is CCCN(CC1CCNCC1)C(=O)c1cc(Br)ccc1I. The van der Waals surface area contributed by atoms with E-state index in [0.717, 1.165) is 46.2 Å². The van der Waals surface area contributed by atoms with E-state index in [1.54, 1.807) is 0 Å². The number of amides is 1. The molecule has 0 atom stereocenters. The van der Waals surface area contributed by atoms with Crippen molar-refractivity contribution in [3.05, 3.63) is 31.8 Å². The summed E-state index contributed by atoms with van der Waals surface area (Å²) in [6.45, 7) is 6.01. The molecule has 1 aromatic rings. The highest BCUT2D eigenvalue weighted by molar-refractivity contribution is 14.1. The van der Waals surface area contributed by atoms with Crippen LogP contribution in [0.25, 0.3) is 0 Å². The average Bonchev–Trinajstić information content (AvgIpc) is 2.49. The highest BCUT2D eigenvalue weighted by atomic mass is 127. The van der Waals surface area contributed by atoms with E-state index >= 15 is 0 Å². The van der Waals surface area contributed by atoms with Crippen molar-refractivity contribution in [3.8, 4) is 0 Å². The Kier molecular flexibility index (Phi) is 6.95. The number of nitrogens with zero attached hydrogens (tertiary/aromatic N) is 1. The summed E-state index contributed by atoms with van der Waals surface area (Å²) in [6.07, 6.45) is 3.34. The zero-order valence-electron chi connectivity index (χ0n) is 12.4. The zero-order chi connectivity index (χ0) is 15.2. The molecule has 21 heavy (non-hydrogen) atoms. The molecule has 0 radical (unpaired) electrons. The van der Waals surface area contributed by atoms with E-state index in [1.165, 1.54) is 12.8 Å². The van der Waals surface area contributed by atoms with Gasteiger partial charge in [-0.3, -0.25) is 4.79 Å². The fourth-order valence-electron chi connectivity index (χ4n) is 2.75. The Balaban J connectivity index is 2.12. The smallest absolute Gasteiger partial charge is 0.254 e. The molecule has 1 heterocycles. The normalized spacial score (nSPS) is 16.0. The lowest BCUT2D eigenvalue weighted by molar-refractivity contribution is 0.0715. The molecule has 1 aromatic carbocycles. The van der Waals surface area contributed by atoms with Crippen LogP contribution in [-0.4, -0.2) is 37.0 Å². The minimum absolute atomic E-state index is 0.168. The van der Waals surface area contributed by atoms with E-state index in [2.05, 4.69) is 50.8 Å². The Bertz CT molecular complexity index is 489. The Morgan fingerprint density at radius 1 is 1.43 bits per heavy atom. The maximum absolute atomic E-state index is 12.9. The lowest BCUT2D eigenvalue weighted by atomic mass is 9.97. The van der Waals surface area contributed by atoms with Crippen LogP contribution < -0.4 is 5.32 Å². The van der Waals surface area contributed by atoms with Crippen molar-refractivity contribution in [3.63, 3.8) is 0 Å². The van der Waals surface area contributed by atoms with Gasteiger partial charge in [-0.1, -0.05) is 22.9 Å². The van der Waals surface area contributed by atoms with Gasteiger partial charge in [0.25, 0.3) is 5.91 Å². The molecular weight excluding hydrogens is 443 g/mol. The second kappa shape index (κ2) is 8.48. The third kappa shape index (κ3) is 4.93. The number of nitrogens with one attached hydrogen (secondary N) is 1. The summed E-state index contributed by atoms with van der Waals surface area (Å²) in [4.78, 5) is 14.9. The topological polar surface area (TPSA) is 32.3 Å². The number of benzene rings is 1. The van der Waals surface area contributed by atoms with Gasteiger partial charge in [-0.25, -0.2) is 0 Å². The summed E-state index contributed by atoms with van der Waals surface area (Å²) >= 11 is 5.72. The monoisotopic (exact) mass is 464 g/mol. The molecule has 1 amide bonds. The lowest BCUT2D eigenvalue weighted by Crippen LogP contribution is -2.40. The van der Waals surface area contributed by atoms with Gasteiger partial charge in [-0.15, -0.1) is 0 Å². The molecule has 0 aromatic heterocycles. The molecule has 0 aliphatic carbocycles. The molecule has 2 rings (SSSR count). The van der Waals surface area contributed by atoms with Crippen LogP contribution in [0.5, 0.6) is 0 Å². The van der Waals surface area contributed by atoms with E-state index in [9.17, 15) is 4.79 Å². The molecule has 0 unspecified atom stereocenters. The number of hydrogen-bond acceptors (Lipinski definition) is 2. The van der Waals surface area contributed by atoms with Crippen LogP contribution in [-0.2, 0) is 0 Å². The molecule has 1 saturated heterocycles. The Hall–Kier alpha value is -0.140. The quantitative estimate of drug-likeness (QED) is 0.670. The van der Waals surface area contributed by atoms with Crippen molar-refractivity contribution in [2.24, 2.45) is 5.92 Å². The van der Waals surface area contributed by atoms with Crippen molar-refractivity contribution >= 4 is 44.4 Å². The van der Waals surface area contributed by atoms with Crippen molar-refractivity contribution in [1.82, 2.24) is 10.2 Å². The van der Waals surface area contributed by atoms with E-state index in [4.69, 9.17) is 0 Å². The average molecular weight is 465 g/mol. The molecule has 0 bridgehead atoms. The number of rotatable bonds is 5. The minimum atomic E-state index is 0.168. The number of hydrogen-bond donors (Lipinski definition) is 1. The van der Waals surface area contributed by atoms with E-state index in [0.29, 0.717) is 5.92 Å². The van der Waals surface area contributed by atoms with Gasteiger partial charge in [-0.05, 0) is 79.1 Å². The number of carbonyl (C=O) groups is 1. The predicted octanol–water partition coefficient (Wildman–Crippen LogP) is 3.91. The first-order valence-electron chi connectivity index (χ1n) is 7.57. The van der Waals surface area contributed by atoms with Crippen LogP contribution >= 0.6 is 38.5 Å². The summed E-state index contributed by atoms with van der Waals surface area (Å²) in [6, 6.07) is 5.91. The summed E-state index contributed by atoms with van der Waals surface area (Å²) in [5.41, 5.74) is 0.812. The fourth-order valence-corrected chi connectivity index (χ4v) is 3.68. The first-order chi connectivity index (χ1) is 10.1. The molecule has 116 valence electrons. The predicted molar refractivity (Wildman–Crippen MR) is 98.6 cm³/mol. The summed E-state index contributed by atoms with van der Waals surface area (Å²) < 4.78 is 1.98. The molecular formula is C16H22BrIN2O. The number of piperidine rings is 1. The van der Waals surface area contributed by atoms with Gasteiger partial charge in [0, 0.05) is 21.1 Å². The summed E-state index contributed by atoms with van der Waals surface area (Å²) in [7, 11) is 0. The fraction of sp³-hybridized carbons (Fsp3) is 0.562. The van der Waals surface area contributed by atoms with Gasteiger partial charge < -0.3 is 10.2 Å². The minimum Gasteiger partial charge on any atom is -0.338 e. The highest BCUT2D eigenvalue weighted by Gasteiger charge is 2.22.